The van der Waals surface area contributed by atoms with Crippen LogP contribution in [0.3, 0.4) is 0 Å². The Kier molecular flexibility index (Phi) is 5.90. The van der Waals surface area contributed by atoms with Gasteiger partial charge in [-0.05, 0) is 31.4 Å². The normalized spacial score (nSPS) is 14.6. The second kappa shape index (κ2) is 7.93. The zero-order chi connectivity index (χ0) is 14.2. The zero-order valence-electron chi connectivity index (χ0n) is 11.5. The number of piperidine rings is 1. The molecule has 2 amide bonds. The Morgan fingerprint density at radius 2 is 2.15 bits per heavy atom. The van der Waals surface area contributed by atoms with E-state index < -0.39 is 0 Å². The van der Waals surface area contributed by atoms with Crippen molar-refractivity contribution in [3.63, 3.8) is 0 Å². The molecule has 0 unspecified atom stereocenters. The van der Waals surface area contributed by atoms with Gasteiger partial charge in [0.15, 0.2) is 0 Å². The van der Waals surface area contributed by atoms with E-state index in [1.807, 2.05) is 17.0 Å². The van der Waals surface area contributed by atoms with Crippen molar-refractivity contribution in [1.82, 2.24) is 10.2 Å². The van der Waals surface area contributed by atoms with Gasteiger partial charge in [0.25, 0.3) is 0 Å². The van der Waals surface area contributed by atoms with Crippen LogP contribution >= 0.6 is 11.3 Å². The van der Waals surface area contributed by atoms with E-state index in [-0.39, 0.29) is 12.6 Å². The summed E-state index contributed by atoms with van der Waals surface area (Å²) >= 11 is 1.58. The lowest BCUT2D eigenvalue weighted by molar-refractivity contribution is 0.186. The molecule has 0 spiro atoms. The zero-order valence-corrected chi connectivity index (χ0v) is 12.3. The van der Waals surface area contributed by atoms with Gasteiger partial charge in [0.1, 0.15) is 0 Å². The van der Waals surface area contributed by atoms with Gasteiger partial charge < -0.3 is 15.3 Å². The number of carbonyl (C=O) groups is 1. The minimum absolute atomic E-state index is 0.0333. The minimum Gasteiger partial charge on any atom is -0.395 e. The summed E-state index contributed by atoms with van der Waals surface area (Å²) in [7, 11) is 0. The van der Waals surface area contributed by atoms with Crippen LogP contribution in [0.1, 0.15) is 35.4 Å². The Morgan fingerprint density at radius 1 is 1.35 bits per heavy atom. The molecule has 0 radical (unpaired) electrons. The molecule has 0 aliphatic carbocycles. The molecule has 2 rings (SSSR count). The van der Waals surface area contributed by atoms with Crippen LogP contribution in [-0.2, 0) is 6.54 Å². The third-order valence-corrected chi connectivity index (χ3v) is 4.17. The number of likely N-dealkylation sites (tertiary alicyclic amines) is 1. The van der Waals surface area contributed by atoms with Crippen LogP contribution in [0.2, 0.25) is 0 Å². The maximum atomic E-state index is 12.0. The smallest absolute Gasteiger partial charge is 0.317 e. The highest BCUT2D eigenvalue weighted by Gasteiger charge is 2.15. The Morgan fingerprint density at radius 3 is 2.90 bits per heavy atom. The molecule has 1 aliphatic rings. The molecule has 1 aromatic heterocycles. The van der Waals surface area contributed by atoms with Crippen molar-refractivity contribution in [2.24, 2.45) is 0 Å². The molecule has 2 N–H and O–H groups in total. The summed E-state index contributed by atoms with van der Waals surface area (Å²) < 4.78 is 0. The predicted molar refractivity (Wildman–Crippen MR) is 80.6 cm³/mol. The largest absolute Gasteiger partial charge is 0.395 e. The molecule has 0 atom stereocenters. The molecule has 1 saturated heterocycles. The second-order valence-corrected chi connectivity index (χ2v) is 5.92. The Hall–Kier alpha value is -1.51. The molecule has 1 aliphatic heterocycles. The molecular weight excluding hydrogens is 272 g/mol. The fraction of sp³-hybridized carbons (Fsp3) is 0.533. The number of hydrogen-bond acceptors (Lipinski definition) is 3. The van der Waals surface area contributed by atoms with Crippen LogP contribution in [0.4, 0.5) is 4.79 Å². The first-order chi connectivity index (χ1) is 9.79. The van der Waals surface area contributed by atoms with E-state index >= 15 is 0 Å². The maximum Gasteiger partial charge on any atom is 0.317 e. The third-order valence-electron chi connectivity index (χ3n) is 3.17. The molecule has 0 bridgehead atoms. The average Bonchev–Trinajstić information content (AvgIpc) is 2.94. The van der Waals surface area contributed by atoms with Crippen LogP contribution in [0.15, 0.2) is 12.1 Å². The lowest BCUT2D eigenvalue weighted by atomic mass is 10.1. The second-order valence-electron chi connectivity index (χ2n) is 4.75. The van der Waals surface area contributed by atoms with E-state index in [0.29, 0.717) is 13.0 Å². The number of thiophene rings is 1. The molecule has 20 heavy (non-hydrogen) atoms. The Labute approximate surface area is 123 Å². The number of urea groups is 1. The summed E-state index contributed by atoms with van der Waals surface area (Å²) in [4.78, 5) is 15.9. The van der Waals surface area contributed by atoms with E-state index in [0.717, 1.165) is 35.7 Å². The van der Waals surface area contributed by atoms with Gasteiger partial charge in [-0.15, -0.1) is 11.3 Å². The molecule has 4 nitrogen and oxygen atoms in total. The lowest BCUT2D eigenvalue weighted by Gasteiger charge is -2.26. The van der Waals surface area contributed by atoms with Gasteiger partial charge in [0, 0.05) is 24.4 Å². The van der Waals surface area contributed by atoms with Crippen molar-refractivity contribution in [3.8, 4) is 11.8 Å². The topological polar surface area (TPSA) is 52.6 Å². The molecule has 0 saturated carbocycles. The highest BCUT2D eigenvalue weighted by molar-refractivity contribution is 7.12. The van der Waals surface area contributed by atoms with E-state index in [4.69, 9.17) is 5.11 Å². The highest BCUT2D eigenvalue weighted by atomic mass is 32.1. The molecular formula is C15H20N2O2S. The Balaban J connectivity index is 1.79. The van der Waals surface area contributed by atoms with E-state index in [1.165, 1.54) is 6.42 Å². The number of nitrogens with zero attached hydrogens (tertiary/aromatic N) is 1. The maximum absolute atomic E-state index is 12.0. The summed E-state index contributed by atoms with van der Waals surface area (Å²) in [6, 6.07) is 3.98. The summed E-state index contributed by atoms with van der Waals surface area (Å²) in [5, 5.41) is 11.6. The van der Waals surface area contributed by atoms with Crippen LogP contribution in [0.25, 0.3) is 0 Å². The minimum atomic E-state index is 0.0333. The lowest BCUT2D eigenvalue weighted by Crippen LogP contribution is -2.42. The number of carbonyl (C=O) groups excluding carboxylic acids is 1. The van der Waals surface area contributed by atoms with Gasteiger partial charge in [0.05, 0.1) is 18.0 Å². The molecule has 108 valence electrons. The first-order valence-electron chi connectivity index (χ1n) is 7.01. The quantitative estimate of drug-likeness (QED) is 0.839. The van der Waals surface area contributed by atoms with Gasteiger partial charge >= 0.3 is 6.03 Å². The number of amides is 2. The first-order valence-corrected chi connectivity index (χ1v) is 7.82. The molecule has 2 heterocycles. The monoisotopic (exact) mass is 292 g/mol. The average molecular weight is 292 g/mol. The van der Waals surface area contributed by atoms with Crippen LogP contribution < -0.4 is 5.32 Å². The third kappa shape index (κ3) is 4.55. The SMILES string of the molecule is O=C(NCc1ccc(C#CCCO)s1)N1CCCCC1. The number of aliphatic hydroxyl groups is 1. The molecule has 5 heteroatoms. The summed E-state index contributed by atoms with van der Waals surface area (Å²) in [5.41, 5.74) is 0. The van der Waals surface area contributed by atoms with Crippen LogP contribution in [0, 0.1) is 11.8 Å². The van der Waals surface area contributed by atoms with Crippen molar-refractivity contribution >= 4 is 17.4 Å². The van der Waals surface area contributed by atoms with Crippen LogP contribution in [0.5, 0.6) is 0 Å². The molecule has 1 aromatic rings. The predicted octanol–water partition coefficient (Wildman–Crippen LogP) is 2.18. The molecule has 1 fully saturated rings. The van der Waals surface area contributed by atoms with Crippen molar-refractivity contribution < 1.29 is 9.90 Å². The summed E-state index contributed by atoms with van der Waals surface area (Å²) in [6.07, 6.45) is 3.94. The highest BCUT2D eigenvalue weighted by Crippen LogP contribution is 2.15. The van der Waals surface area contributed by atoms with E-state index in [9.17, 15) is 4.79 Å². The van der Waals surface area contributed by atoms with E-state index in [1.54, 1.807) is 11.3 Å². The Bertz CT molecular complexity index is 495. The summed E-state index contributed by atoms with van der Waals surface area (Å²) in [5.74, 6) is 5.90. The van der Waals surface area contributed by atoms with Gasteiger partial charge in [-0.2, -0.15) is 0 Å². The fourth-order valence-corrected chi connectivity index (χ4v) is 2.94. The van der Waals surface area contributed by atoms with Crippen molar-refractivity contribution in [2.75, 3.05) is 19.7 Å². The number of hydrogen-bond donors (Lipinski definition) is 2. The number of rotatable bonds is 3. The van der Waals surface area contributed by atoms with Crippen molar-refractivity contribution in [2.45, 2.75) is 32.2 Å². The molecule has 0 aromatic carbocycles. The van der Waals surface area contributed by atoms with Gasteiger partial charge in [-0.25, -0.2) is 4.79 Å². The number of nitrogens with one attached hydrogen (secondary N) is 1. The van der Waals surface area contributed by atoms with Crippen LogP contribution in [-0.4, -0.2) is 35.7 Å². The van der Waals surface area contributed by atoms with E-state index in [2.05, 4.69) is 17.2 Å². The standard InChI is InChI=1S/C15H20N2O2S/c18-11-5-2-6-13-7-8-14(20-13)12-16-15(19)17-9-3-1-4-10-17/h7-8,18H,1,3-5,9-12H2,(H,16,19). The van der Waals surface area contributed by atoms with Gasteiger partial charge in [-0.1, -0.05) is 11.8 Å². The van der Waals surface area contributed by atoms with Crippen molar-refractivity contribution in [1.29, 1.82) is 0 Å². The number of aliphatic hydroxyl groups excluding tert-OH is 1. The van der Waals surface area contributed by atoms with Gasteiger partial charge in [0.2, 0.25) is 0 Å². The first kappa shape index (κ1) is 14.9. The summed E-state index contributed by atoms with van der Waals surface area (Å²) in [6.45, 7) is 2.39. The fourth-order valence-electron chi connectivity index (χ4n) is 2.12. The van der Waals surface area contributed by atoms with Gasteiger partial charge in [-0.3, -0.25) is 0 Å². The van der Waals surface area contributed by atoms with Crippen molar-refractivity contribution in [3.05, 3.63) is 21.9 Å².